The Labute approximate surface area is 114 Å². The predicted molar refractivity (Wildman–Crippen MR) is 74.0 cm³/mol. The van der Waals surface area contributed by atoms with Crippen LogP contribution in [0.15, 0.2) is 23.2 Å². The molecule has 0 saturated carbocycles. The van der Waals surface area contributed by atoms with Crippen LogP contribution >= 0.6 is 11.3 Å². The van der Waals surface area contributed by atoms with E-state index in [1.54, 1.807) is 18.5 Å². The lowest BCUT2D eigenvalue weighted by molar-refractivity contribution is 0.0527. The molecule has 6 nitrogen and oxygen atoms in total. The number of nitrogen functional groups attached to an aromatic ring is 1. The molecular formula is C12H14N4O2S. The monoisotopic (exact) mass is 278 g/mol. The molecule has 0 radical (unpaired) electrons. The van der Waals surface area contributed by atoms with Crippen molar-refractivity contribution in [3.8, 4) is 0 Å². The summed E-state index contributed by atoms with van der Waals surface area (Å²) >= 11 is 1.51. The number of rotatable bonds is 5. The van der Waals surface area contributed by atoms with Crippen molar-refractivity contribution in [1.29, 1.82) is 0 Å². The highest BCUT2D eigenvalue weighted by Crippen LogP contribution is 2.17. The molecular weight excluding hydrogens is 264 g/mol. The number of hydrogen-bond donors (Lipinski definition) is 2. The van der Waals surface area contributed by atoms with Crippen molar-refractivity contribution >= 4 is 28.8 Å². The van der Waals surface area contributed by atoms with Gasteiger partial charge < -0.3 is 15.8 Å². The number of pyridine rings is 1. The van der Waals surface area contributed by atoms with Gasteiger partial charge in [0.2, 0.25) is 0 Å². The van der Waals surface area contributed by atoms with Crippen LogP contribution in [-0.2, 0) is 11.3 Å². The molecule has 2 aromatic heterocycles. The molecule has 2 rings (SSSR count). The highest BCUT2D eigenvalue weighted by molar-refractivity contribution is 7.07. The molecule has 0 fully saturated rings. The van der Waals surface area contributed by atoms with E-state index in [0.717, 1.165) is 5.69 Å². The van der Waals surface area contributed by atoms with Crippen LogP contribution in [0.1, 0.15) is 23.0 Å². The van der Waals surface area contributed by atoms with Crippen LogP contribution in [0.3, 0.4) is 0 Å². The summed E-state index contributed by atoms with van der Waals surface area (Å²) in [5, 5.41) is 4.98. The Bertz CT molecular complexity index is 557. The second kappa shape index (κ2) is 6.14. The topological polar surface area (TPSA) is 90.1 Å². The van der Waals surface area contributed by atoms with E-state index in [1.165, 1.54) is 17.5 Å². The van der Waals surface area contributed by atoms with Crippen molar-refractivity contribution in [3.05, 3.63) is 34.4 Å². The van der Waals surface area contributed by atoms with Gasteiger partial charge in [0.15, 0.2) is 0 Å². The summed E-state index contributed by atoms with van der Waals surface area (Å²) in [5.74, 6) is 0.00345. The molecule has 0 aliphatic rings. The van der Waals surface area contributed by atoms with Crippen LogP contribution in [0.25, 0.3) is 0 Å². The summed E-state index contributed by atoms with van der Waals surface area (Å²) in [5.41, 5.74) is 9.03. The molecule has 100 valence electrons. The number of nitrogens with one attached hydrogen (secondary N) is 1. The fourth-order valence-corrected chi connectivity index (χ4v) is 2.04. The number of hydrogen-bond acceptors (Lipinski definition) is 7. The van der Waals surface area contributed by atoms with E-state index in [2.05, 4.69) is 15.3 Å². The molecule has 0 spiro atoms. The fourth-order valence-electron chi connectivity index (χ4n) is 1.49. The molecule has 0 aliphatic carbocycles. The zero-order valence-electron chi connectivity index (χ0n) is 10.4. The first-order chi connectivity index (χ1) is 9.20. The Morgan fingerprint density at radius 3 is 3.05 bits per heavy atom. The maximum atomic E-state index is 11.8. The van der Waals surface area contributed by atoms with Crippen molar-refractivity contribution in [2.45, 2.75) is 13.5 Å². The van der Waals surface area contributed by atoms with Gasteiger partial charge in [0, 0.05) is 5.38 Å². The first kappa shape index (κ1) is 13.3. The SMILES string of the molecule is CCOC(=O)c1cc(N)cnc1NCc1cscn1. The third kappa shape index (κ3) is 3.41. The Hall–Kier alpha value is -2.15. The van der Waals surface area contributed by atoms with Crippen molar-refractivity contribution in [2.24, 2.45) is 0 Å². The van der Waals surface area contributed by atoms with E-state index >= 15 is 0 Å². The van der Waals surface area contributed by atoms with E-state index in [4.69, 9.17) is 10.5 Å². The van der Waals surface area contributed by atoms with Crippen LogP contribution in [0, 0.1) is 0 Å². The van der Waals surface area contributed by atoms with Crippen molar-refractivity contribution in [1.82, 2.24) is 9.97 Å². The lowest BCUT2D eigenvalue weighted by Crippen LogP contribution is -2.12. The van der Waals surface area contributed by atoms with Crippen molar-refractivity contribution < 1.29 is 9.53 Å². The Morgan fingerprint density at radius 1 is 1.53 bits per heavy atom. The molecule has 2 heterocycles. The van der Waals surface area contributed by atoms with Crippen molar-refractivity contribution in [3.63, 3.8) is 0 Å². The van der Waals surface area contributed by atoms with Crippen molar-refractivity contribution in [2.75, 3.05) is 17.7 Å². The number of aromatic nitrogens is 2. The number of anilines is 2. The van der Waals surface area contributed by atoms with Gasteiger partial charge in [-0.1, -0.05) is 0 Å². The Balaban J connectivity index is 2.16. The number of esters is 1. The molecule has 19 heavy (non-hydrogen) atoms. The molecule has 2 aromatic rings. The number of thiazole rings is 1. The van der Waals surface area contributed by atoms with Gasteiger partial charge in [-0.2, -0.15) is 0 Å². The lowest BCUT2D eigenvalue weighted by Gasteiger charge is -2.10. The van der Waals surface area contributed by atoms with Crippen LogP contribution in [-0.4, -0.2) is 22.5 Å². The number of ether oxygens (including phenoxy) is 1. The minimum absolute atomic E-state index is 0.305. The standard InChI is InChI=1S/C12H14N4O2S/c1-2-18-12(17)10-3-8(13)4-14-11(10)15-5-9-6-19-7-16-9/h3-4,6-7H,2,5,13H2,1H3,(H,14,15). The Morgan fingerprint density at radius 2 is 2.37 bits per heavy atom. The fraction of sp³-hybridized carbons (Fsp3) is 0.250. The first-order valence-electron chi connectivity index (χ1n) is 5.74. The van der Waals surface area contributed by atoms with Crippen LogP contribution in [0.5, 0.6) is 0 Å². The van der Waals surface area contributed by atoms with Crippen LogP contribution in [0.4, 0.5) is 11.5 Å². The summed E-state index contributed by atoms with van der Waals surface area (Å²) in [6, 6.07) is 1.55. The van der Waals surface area contributed by atoms with Gasteiger partial charge in [-0.15, -0.1) is 11.3 Å². The average molecular weight is 278 g/mol. The maximum absolute atomic E-state index is 11.8. The minimum atomic E-state index is -0.442. The molecule has 0 bridgehead atoms. The predicted octanol–water partition coefficient (Wildman–Crippen LogP) is 1.91. The zero-order valence-corrected chi connectivity index (χ0v) is 11.2. The van der Waals surface area contributed by atoms with E-state index in [1.807, 2.05) is 5.38 Å². The summed E-state index contributed by atoms with van der Waals surface area (Å²) in [7, 11) is 0. The zero-order chi connectivity index (χ0) is 13.7. The van der Waals surface area contributed by atoms with E-state index in [9.17, 15) is 4.79 Å². The second-order valence-electron chi connectivity index (χ2n) is 3.72. The number of nitrogens with zero attached hydrogens (tertiary/aromatic N) is 2. The van der Waals surface area contributed by atoms with Crippen LogP contribution in [0.2, 0.25) is 0 Å². The van der Waals surface area contributed by atoms with Gasteiger partial charge in [-0.25, -0.2) is 14.8 Å². The maximum Gasteiger partial charge on any atom is 0.341 e. The Kier molecular flexibility index (Phi) is 4.30. The smallest absolute Gasteiger partial charge is 0.341 e. The van der Waals surface area contributed by atoms with Gasteiger partial charge in [0.1, 0.15) is 11.4 Å². The minimum Gasteiger partial charge on any atom is -0.462 e. The highest BCUT2D eigenvalue weighted by Gasteiger charge is 2.14. The van der Waals surface area contributed by atoms with Gasteiger partial charge in [-0.3, -0.25) is 0 Å². The second-order valence-corrected chi connectivity index (χ2v) is 4.44. The molecule has 0 saturated heterocycles. The summed E-state index contributed by atoms with van der Waals surface area (Å²) in [6.07, 6.45) is 1.49. The molecule has 3 N–H and O–H groups in total. The lowest BCUT2D eigenvalue weighted by atomic mass is 10.2. The molecule has 0 aliphatic heterocycles. The van der Waals surface area contributed by atoms with Gasteiger partial charge in [0.25, 0.3) is 0 Å². The largest absolute Gasteiger partial charge is 0.462 e. The molecule has 0 amide bonds. The van der Waals surface area contributed by atoms with E-state index in [0.29, 0.717) is 30.2 Å². The van der Waals surface area contributed by atoms with Gasteiger partial charge in [0.05, 0.1) is 36.2 Å². The molecule has 0 atom stereocenters. The third-order valence-corrected chi connectivity index (χ3v) is 2.96. The average Bonchev–Trinajstić information content (AvgIpc) is 2.90. The summed E-state index contributed by atoms with van der Waals surface area (Å²) < 4.78 is 4.97. The first-order valence-corrected chi connectivity index (χ1v) is 6.68. The number of nitrogens with two attached hydrogens (primary N) is 1. The van der Waals surface area contributed by atoms with Gasteiger partial charge in [-0.05, 0) is 13.0 Å². The summed E-state index contributed by atoms with van der Waals surface area (Å²) in [6.45, 7) is 2.55. The third-order valence-electron chi connectivity index (χ3n) is 2.32. The molecule has 0 aromatic carbocycles. The number of carbonyl (C=O) groups excluding carboxylic acids is 1. The van der Waals surface area contributed by atoms with Gasteiger partial charge >= 0.3 is 5.97 Å². The summed E-state index contributed by atoms with van der Waals surface area (Å²) in [4.78, 5) is 20.1. The normalized spacial score (nSPS) is 10.2. The number of carbonyl (C=O) groups is 1. The van der Waals surface area contributed by atoms with Crippen LogP contribution < -0.4 is 11.1 Å². The molecule has 0 unspecified atom stereocenters. The van der Waals surface area contributed by atoms with E-state index < -0.39 is 5.97 Å². The molecule has 7 heteroatoms. The van der Waals surface area contributed by atoms with E-state index in [-0.39, 0.29) is 0 Å². The quantitative estimate of drug-likeness (QED) is 0.812. The highest BCUT2D eigenvalue weighted by atomic mass is 32.1.